The number of sulfone groups is 1. The molecule has 1 aromatic heterocycles. The van der Waals surface area contributed by atoms with Crippen molar-refractivity contribution in [2.75, 3.05) is 6.26 Å². The summed E-state index contributed by atoms with van der Waals surface area (Å²) in [7, 11) is -3.52. The van der Waals surface area contributed by atoms with Crippen molar-refractivity contribution < 1.29 is 17.6 Å². The van der Waals surface area contributed by atoms with Gasteiger partial charge in [0.1, 0.15) is 6.04 Å². The molecule has 1 atom stereocenters. The first kappa shape index (κ1) is 15.0. The maximum absolute atomic E-state index is 12.1. The number of nitrogens with zero attached hydrogens (tertiary/aromatic N) is 2. The van der Waals surface area contributed by atoms with Gasteiger partial charge in [0, 0.05) is 12.2 Å². The predicted octanol–water partition coefficient (Wildman–Crippen LogP) is 1.23. The van der Waals surface area contributed by atoms with Crippen molar-refractivity contribution >= 4 is 15.7 Å². The number of carbonyl (C=O) groups is 1. The Morgan fingerprint density at radius 3 is 2.50 bits per heavy atom. The molecule has 1 aliphatic rings. The summed E-state index contributed by atoms with van der Waals surface area (Å²) in [6, 6.07) is -0.493. The van der Waals surface area contributed by atoms with Gasteiger partial charge in [0.15, 0.2) is 0 Å². The molecule has 0 aromatic carbocycles. The third kappa shape index (κ3) is 3.56. The fraction of sp³-hybridized carbons (Fsp3) is 0.750. The Morgan fingerprint density at radius 2 is 1.95 bits per heavy atom. The van der Waals surface area contributed by atoms with Crippen molar-refractivity contribution in [3.8, 4) is 0 Å². The second-order valence-corrected chi connectivity index (χ2v) is 7.14. The summed E-state index contributed by atoms with van der Waals surface area (Å²) in [6.07, 6.45) is 6.13. The number of amides is 1. The van der Waals surface area contributed by atoms with E-state index in [2.05, 4.69) is 15.5 Å². The summed E-state index contributed by atoms with van der Waals surface area (Å²) in [5.74, 6) is 0.106. The van der Waals surface area contributed by atoms with E-state index in [0.29, 0.717) is 0 Å². The van der Waals surface area contributed by atoms with E-state index in [-0.39, 0.29) is 17.7 Å². The maximum atomic E-state index is 12.1. The lowest BCUT2D eigenvalue weighted by atomic mass is 9.88. The molecular formula is C12H19N3O4S. The van der Waals surface area contributed by atoms with Gasteiger partial charge in [0.05, 0.1) is 0 Å². The van der Waals surface area contributed by atoms with Gasteiger partial charge in [-0.3, -0.25) is 4.79 Å². The predicted molar refractivity (Wildman–Crippen MR) is 70.5 cm³/mol. The molecule has 1 aromatic rings. The molecule has 1 amide bonds. The first-order valence-electron chi connectivity index (χ1n) is 6.72. The largest absolute Gasteiger partial charge is 0.410 e. The monoisotopic (exact) mass is 301 g/mol. The Hall–Kier alpha value is -1.44. The molecule has 0 radical (unpaired) electrons. The van der Waals surface area contributed by atoms with E-state index in [1.165, 1.54) is 6.42 Å². The van der Waals surface area contributed by atoms with Crippen LogP contribution in [0.15, 0.2) is 9.64 Å². The molecule has 8 heteroatoms. The maximum Gasteiger partial charge on any atom is 0.335 e. The third-order valence-corrected chi connectivity index (χ3v) is 4.24. The summed E-state index contributed by atoms with van der Waals surface area (Å²) in [4.78, 5) is 12.1. The number of hydrogen-bond donors (Lipinski definition) is 1. The second kappa shape index (κ2) is 5.90. The van der Waals surface area contributed by atoms with Crippen molar-refractivity contribution in [3.63, 3.8) is 0 Å². The first-order valence-corrected chi connectivity index (χ1v) is 8.61. The smallest absolute Gasteiger partial charge is 0.335 e. The van der Waals surface area contributed by atoms with Crippen LogP contribution in [0.25, 0.3) is 0 Å². The van der Waals surface area contributed by atoms with Gasteiger partial charge in [0.25, 0.3) is 0 Å². The zero-order valence-electron chi connectivity index (χ0n) is 11.6. The lowest BCUT2D eigenvalue weighted by Gasteiger charge is -2.22. The molecule has 0 saturated heterocycles. The van der Waals surface area contributed by atoms with E-state index < -0.39 is 21.1 Å². The highest BCUT2D eigenvalue weighted by atomic mass is 32.2. The Morgan fingerprint density at radius 1 is 1.30 bits per heavy atom. The minimum Gasteiger partial charge on any atom is -0.410 e. The fourth-order valence-corrected chi connectivity index (χ4v) is 2.73. The minimum atomic E-state index is -3.52. The van der Waals surface area contributed by atoms with Crippen LogP contribution in [0.2, 0.25) is 0 Å². The second-order valence-electron chi connectivity index (χ2n) is 5.24. The van der Waals surface area contributed by atoms with Crippen LogP contribution in [0.3, 0.4) is 0 Å². The molecule has 7 nitrogen and oxygen atoms in total. The number of hydrogen-bond acceptors (Lipinski definition) is 6. The zero-order valence-corrected chi connectivity index (χ0v) is 12.4. The van der Waals surface area contributed by atoms with Gasteiger partial charge in [0.2, 0.25) is 21.6 Å². The van der Waals surface area contributed by atoms with Crippen LogP contribution < -0.4 is 5.32 Å². The number of carbonyl (C=O) groups excluding carboxylic acids is 1. The molecule has 20 heavy (non-hydrogen) atoms. The van der Waals surface area contributed by atoms with E-state index in [1.54, 1.807) is 6.92 Å². The van der Waals surface area contributed by atoms with Gasteiger partial charge >= 0.3 is 5.22 Å². The quantitative estimate of drug-likeness (QED) is 0.897. The highest BCUT2D eigenvalue weighted by Crippen LogP contribution is 2.24. The Kier molecular flexibility index (Phi) is 4.42. The van der Waals surface area contributed by atoms with E-state index in [9.17, 15) is 13.2 Å². The molecule has 1 aliphatic carbocycles. The van der Waals surface area contributed by atoms with Crippen molar-refractivity contribution in [2.45, 2.75) is 50.3 Å². The van der Waals surface area contributed by atoms with Gasteiger partial charge in [-0.2, -0.15) is 0 Å². The minimum absolute atomic E-state index is 0.0310. The summed E-state index contributed by atoms with van der Waals surface area (Å²) < 4.78 is 27.6. The van der Waals surface area contributed by atoms with Crippen LogP contribution >= 0.6 is 0 Å². The Labute approximate surface area is 118 Å². The molecule has 0 spiro atoms. The summed E-state index contributed by atoms with van der Waals surface area (Å²) >= 11 is 0. The van der Waals surface area contributed by atoms with Crippen LogP contribution in [0.4, 0.5) is 0 Å². The van der Waals surface area contributed by atoms with Gasteiger partial charge in [-0.05, 0) is 19.8 Å². The average molecular weight is 301 g/mol. The van der Waals surface area contributed by atoms with E-state index >= 15 is 0 Å². The Bertz CT molecular complexity index is 575. The van der Waals surface area contributed by atoms with E-state index in [0.717, 1.165) is 31.9 Å². The van der Waals surface area contributed by atoms with Gasteiger partial charge in [-0.25, -0.2) is 8.42 Å². The summed E-state index contributed by atoms with van der Waals surface area (Å²) in [5.41, 5.74) is 0. The van der Waals surface area contributed by atoms with Crippen LogP contribution in [0, 0.1) is 5.92 Å². The van der Waals surface area contributed by atoms with Crippen LogP contribution in [0.5, 0.6) is 0 Å². The molecule has 0 bridgehead atoms. The lowest BCUT2D eigenvalue weighted by Crippen LogP contribution is -2.33. The summed E-state index contributed by atoms with van der Waals surface area (Å²) in [5, 5.41) is 9.52. The topological polar surface area (TPSA) is 102 Å². The summed E-state index contributed by atoms with van der Waals surface area (Å²) in [6.45, 7) is 1.69. The highest BCUT2D eigenvalue weighted by Gasteiger charge is 2.25. The number of nitrogens with one attached hydrogen (secondary N) is 1. The molecule has 112 valence electrons. The van der Waals surface area contributed by atoms with Gasteiger partial charge in [-0.15, -0.1) is 5.10 Å². The van der Waals surface area contributed by atoms with Crippen molar-refractivity contribution in [1.82, 2.24) is 15.5 Å². The number of rotatable bonds is 4. The zero-order chi connectivity index (χ0) is 14.8. The highest BCUT2D eigenvalue weighted by molar-refractivity contribution is 7.90. The molecule has 2 rings (SSSR count). The van der Waals surface area contributed by atoms with Gasteiger partial charge in [-0.1, -0.05) is 24.4 Å². The normalized spacial score (nSPS) is 18.7. The van der Waals surface area contributed by atoms with Gasteiger partial charge < -0.3 is 9.73 Å². The fourth-order valence-electron chi connectivity index (χ4n) is 2.30. The first-order chi connectivity index (χ1) is 9.38. The van der Waals surface area contributed by atoms with Crippen molar-refractivity contribution in [1.29, 1.82) is 0 Å². The number of aromatic nitrogens is 2. The van der Waals surface area contributed by atoms with Crippen molar-refractivity contribution in [3.05, 3.63) is 5.89 Å². The standard InChI is InChI=1S/C12H19N3O4S/c1-8(11-14-15-12(19-11)20(2,17)18)13-10(16)9-6-4-3-5-7-9/h8-9H,3-7H2,1-2H3,(H,13,16)/t8-/m0/s1. The molecular weight excluding hydrogens is 282 g/mol. The molecule has 1 saturated carbocycles. The Balaban J connectivity index is 1.99. The van der Waals surface area contributed by atoms with Crippen molar-refractivity contribution in [2.24, 2.45) is 5.92 Å². The van der Waals surface area contributed by atoms with Crippen LogP contribution in [-0.2, 0) is 14.6 Å². The molecule has 0 aliphatic heterocycles. The van der Waals surface area contributed by atoms with E-state index in [1.807, 2.05) is 0 Å². The SMILES string of the molecule is C[C@H](NC(=O)C1CCCCC1)c1nnc(S(C)(=O)=O)o1. The molecule has 1 heterocycles. The van der Waals surface area contributed by atoms with Crippen LogP contribution in [0.1, 0.15) is 51.0 Å². The third-order valence-electron chi connectivity index (χ3n) is 3.44. The lowest BCUT2D eigenvalue weighted by molar-refractivity contribution is -0.126. The molecule has 1 N–H and O–H groups in total. The molecule has 1 fully saturated rings. The van der Waals surface area contributed by atoms with Crippen LogP contribution in [-0.4, -0.2) is 30.8 Å². The average Bonchev–Trinajstić information content (AvgIpc) is 2.89. The molecule has 0 unspecified atom stereocenters. The van der Waals surface area contributed by atoms with E-state index in [4.69, 9.17) is 4.42 Å².